The van der Waals surface area contributed by atoms with Gasteiger partial charge in [-0.15, -0.1) is 0 Å². The molecule has 0 radical (unpaired) electrons. The van der Waals surface area contributed by atoms with Crippen molar-refractivity contribution < 1.29 is 31.8 Å². The van der Waals surface area contributed by atoms with Crippen LogP contribution in [0.4, 0.5) is 0 Å². The molecule has 26 heavy (non-hydrogen) atoms. The number of hydrogen-bond acceptors (Lipinski definition) is 5. The third kappa shape index (κ3) is 11.0. The second-order valence-corrected chi connectivity index (χ2v) is 6.67. The van der Waals surface area contributed by atoms with Gasteiger partial charge < -0.3 is 19.9 Å². The van der Waals surface area contributed by atoms with Crippen LogP contribution in [0.2, 0.25) is 0 Å². The topological polar surface area (TPSA) is 133 Å². The lowest BCUT2D eigenvalue weighted by molar-refractivity contribution is -0.0237. The largest absolute Gasteiger partial charge is 0.491 e. The Balaban J connectivity index is 0.00000110. The van der Waals surface area contributed by atoms with E-state index in [0.717, 1.165) is 37.1 Å². The number of ether oxygens (including phenoxy) is 2. The first-order valence-electron chi connectivity index (χ1n) is 8.41. The molecule has 1 unspecified atom stereocenters. The van der Waals surface area contributed by atoms with Crippen LogP contribution in [0, 0.1) is 0 Å². The fraction of sp³-hybridized carbons (Fsp3) is 0.688. The highest BCUT2D eigenvalue weighted by Crippen LogP contribution is 2.22. The van der Waals surface area contributed by atoms with E-state index in [1.807, 2.05) is 25.1 Å². The van der Waals surface area contributed by atoms with E-state index < -0.39 is 10.4 Å². The Morgan fingerprint density at radius 1 is 1.19 bits per heavy atom. The summed E-state index contributed by atoms with van der Waals surface area (Å²) >= 11 is 0. The number of rotatable bonds is 9. The van der Waals surface area contributed by atoms with Gasteiger partial charge in [0, 0.05) is 20.7 Å². The Morgan fingerprint density at radius 3 is 2.19 bits per heavy atom. The minimum absolute atomic E-state index is 0.322. The van der Waals surface area contributed by atoms with Crippen molar-refractivity contribution >= 4 is 16.1 Å². The fourth-order valence-corrected chi connectivity index (χ4v) is 1.99. The molecule has 9 nitrogen and oxygen atoms in total. The molecule has 2 N–H and O–H groups in total. The van der Waals surface area contributed by atoms with Crippen molar-refractivity contribution in [3.05, 3.63) is 29.1 Å². The molecule has 0 aromatic heterocycles. The first kappa shape index (κ1) is 24.3. The van der Waals surface area contributed by atoms with E-state index in [0.29, 0.717) is 18.9 Å². The molecule has 0 heterocycles. The van der Waals surface area contributed by atoms with Crippen LogP contribution in [-0.4, -0.2) is 66.3 Å². The van der Waals surface area contributed by atoms with Crippen molar-refractivity contribution in [2.24, 2.45) is 0 Å². The first-order chi connectivity index (χ1) is 12.1. The minimum atomic E-state index is -4.67. The zero-order valence-electron chi connectivity index (χ0n) is 15.8. The molecular formula is C16H29N3O6S. The summed E-state index contributed by atoms with van der Waals surface area (Å²) in [6.45, 7) is 5.55. The van der Waals surface area contributed by atoms with Gasteiger partial charge in [-0.3, -0.25) is 9.11 Å². The summed E-state index contributed by atoms with van der Waals surface area (Å²) in [4.78, 5) is 5.34. The zero-order chi connectivity index (χ0) is 20.2. The van der Waals surface area contributed by atoms with Crippen LogP contribution in [0.25, 0.3) is 5.53 Å². The van der Waals surface area contributed by atoms with Crippen LogP contribution in [0.1, 0.15) is 39.5 Å². The predicted molar refractivity (Wildman–Crippen MR) is 98.2 cm³/mol. The molecule has 10 heteroatoms. The quantitative estimate of drug-likeness (QED) is 0.267. The summed E-state index contributed by atoms with van der Waals surface area (Å²) in [5, 5.41) is 0. The Bertz CT molecular complexity index is 628. The van der Waals surface area contributed by atoms with Crippen molar-refractivity contribution in [3.8, 4) is 0 Å². The molecule has 0 saturated heterocycles. The Kier molecular flexibility index (Phi) is 11.8. The van der Waals surface area contributed by atoms with Crippen LogP contribution < -0.4 is 0 Å². The maximum atomic E-state index is 9.20. The highest BCUT2D eigenvalue weighted by Gasteiger charge is 2.29. The molecule has 0 aromatic carbocycles. The lowest BCUT2D eigenvalue weighted by atomic mass is 10.0. The van der Waals surface area contributed by atoms with Crippen LogP contribution in [-0.2, 0) is 19.9 Å². The summed E-state index contributed by atoms with van der Waals surface area (Å²) < 4.78 is 43.2. The first-order valence-corrected chi connectivity index (χ1v) is 9.81. The predicted octanol–water partition coefficient (Wildman–Crippen LogP) is 2.35. The van der Waals surface area contributed by atoms with Gasteiger partial charge >= 0.3 is 16.1 Å². The van der Waals surface area contributed by atoms with E-state index in [2.05, 4.69) is 18.6 Å². The lowest BCUT2D eigenvalue weighted by Crippen LogP contribution is -2.30. The number of unbranched alkanes of at least 4 members (excludes halogenated alkanes) is 2. The molecule has 1 aliphatic rings. The van der Waals surface area contributed by atoms with Crippen molar-refractivity contribution in [2.45, 2.75) is 45.6 Å². The molecule has 1 rings (SSSR count). The summed E-state index contributed by atoms with van der Waals surface area (Å²) in [5.74, 6) is 0.733. The Labute approximate surface area is 155 Å². The fourth-order valence-electron chi connectivity index (χ4n) is 1.99. The third-order valence-electron chi connectivity index (χ3n) is 3.28. The molecule has 0 saturated carbocycles. The van der Waals surface area contributed by atoms with Gasteiger partial charge in [-0.1, -0.05) is 26.7 Å². The van der Waals surface area contributed by atoms with E-state index in [1.165, 1.54) is 0 Å². The maximum Gasteiger partial charge on any atom is 0.394 e. The third-order valence-corrected chi connectivity index (χ3v) is 3.28. The number of nitrogens with zero attached hydrogens (tertiary/aromatic N) is 3. The average molecular weight is 391 g/mol. The van der Waals surface area contributed by atoms with Gasteiger partial charge in [0.15, 0.2) is 6.10 Å². The summed E-state index contributed by atoms with van der Waals surface area (Å²) in [7, 11) is -0.736. The molecule has 0 amide bonds. The number of hydrogen-bond donors (Lipinski definition) is 2. The van der Waals surface area contributed by atoms with Gasteiger partial charge in [0.25, 0.3) is 0 Å². The molecule has 0 aliphatic heterocycles. The van der Waals surface area contributed by atoms with Gasteiger partial charge in [-0.05, 0) is 18.9 Å². The molecule has 0 aromatic rings. The average Bonchev–Trinajstić information content (AvgIpc) is 2.54. The molecule has 0 bridgehead atoms. The monoisotopic (exact) mass is 391 g/mol. The highest BCUT2D eigenvalue weighted by molar-refractivity contribution is 7.79. The van der Waals surface area contributed by atoms with E-state index >= 15 is 0 Å². The number of likely N-dealkylation sites (N-methyl/N-ethyl adjacent to an activating group) is 1. The van der Waals surface area contributed by atoms with Gasteiger partial charge in [0.1, 0.15) is 5.76 Å². The molecule has 150 valence electrons. The Morgan fingerprint density at radius 2 is 1.73 bits per heavy atom. The van der Waals surface area contributed by atoms with Gasteiger partial charge in [-0.25, -0.2) is 0 Å². The van der Waals surface area contributed by atoms with Crippen LogP contribution in [0.15, 0.2) is 23.6 Å². The van der Waals surface area contributed by atoms with Crippen LogP contribution in [0.3, 0.4) is 0 Å². The van der Waals surface area contributed by atoms with E-state index in [-0.39, 0.29) is 6.10 Å². The normalized spacial score (nSPS) is 16.7. The van der Waals surface area contributed by atoms with Crippen LogP contribution >= 0.6 is 0 Å². The highest BCUT2D eigenvalue weighted by atomic mass is 32.3. The molecule has 1 atom stereocenters. The Hall–Kier alpha value is -1.71. The SMILES string of the molecule is CCCCOC1=CC(=[N+]=[N-])C(OCCCC)C=C1N(C)C.O=S(=O)(O)O. The van der Waals surface area contributed by atoms with Crippen molar-refractivity contribution in [1.82, 2.24) is 4.90 Å². The van der Waals surface area contributed by atoms with E-state index in [1.54, 1.807) is 6.08 Å². The lowest BCUT2D eigenvalue weighted by Gasteiger charge is -2.25. The second-order valence-electron chi connectivity index (χ2n) is 5.77. The van der Waals surface area contributed by atoms with Crippen molar-refractivity contribution in [3.63, 3.8) is 0 Å². The van der Waals surface area contributed by atoms with Crippen LogP contribution in [0.5, 0.6) is 0 Å². The molecule has 0 fully saturated rings. The van der Waals surface area contributed by atoms with Gasteiger partial charge in [-0.2, -0.15) is 13.2 Å². The molecular weight excluding hydrogens is 362 g/mol. The van der Waals surface area contributed by atoms with E-state index in [9.17, 15) is 5.53 Å². The van der Waals surface area contributed by atoms with Crippen molar-refractivity contribution in [2.75, 3.05) is 27.3 Å². The standard InChI is InChI=1S/C16H27N3O2.H2O4S/c1-5-7-9-20-15-12-14(19(3)4)16(11-13(15)18-17)21-10-8-6-2;1-5(2,3)4/h11-12,15H,5-10H2,1-4H3;(H2,1,2,3,4). The van der Waals surface area contributed by atoms with Crippen molar-refractivity contribution in [1.29, 1.82) is 0 Å². The maximum absolute atomic E-state index is 9.20. The summed E-state index contributed by atoms with van der Waals surface area (Å²) in [6.07, 6.45) is 7.54. The zero-order valence-corrected chi connectivity index (χ0v) is 16.6. The minimum Gasteiger partial charge on any atom is -0.491 e. The molecule has 0 spiro atoms. The molecule has 1 aliphatic carbocycles. The van der Waals surface area contributed by atoms with Gasteiger partial charge in [0.2, 0.25) is 0 Å². The second kappa shape index (κ2) is 12.6. The smallest absolute Gasteiger partial charge is 0.394 e. The summed E-state index contributed by atoms with van der Waals surface area (Å²) in [6, 6.07) is 0. The summed E-state index contributed by atoms with van der Waals surface area (Å²) in [5.41, 5.74) is 10.6. The van der Waals surface area contributed by atoms with E-state index in [4.69, 9.17) is 27.0 Å². The van der Waals surface area contributed by atoms with Gasteiger partial charge in [0.05, 0.1) is 18.4 Å².